The van der Waals surface area contributed by atoms with Crippen molar-refractivity contribution >= 4 is 0 Å². The first-order valence-electron chi connectivity index (χ1n) is 6.39. The summed E-state index contributed by atoms with van der Waals surface area (Å²) < 4.78 is 18.8. The van der Waals surface area contributed by atoms with Crippen molar-refractivity contribution in [3.05, 3.63) is 65.5 Å². The first-order valence-corrected chi connectivity index (χ1v) is 6.39. The molecule has 1 unspecified atom stereocenters. The molecule has 0 fully saturated rings. The summed E-state index contributed by atoms with van der Waals surface area (Å²) in [6.45, 7) is 1.64. The number of aliphatic hydroxyl groups is 1. The van der Waals surface area contributed by atoms with Crippen LogP contribution < -0.4 is 10.5 Å². The van der Waals surface area contributed by atoms with Crippen LogP contribution >= 0.6 is 0 Å². The fourth-order valence-corrected chi connectivity index (χ4v) is 1.93. The third-order valence-electron chi connectivity index (χ3n) is 3.27. The molecule has 0 bridgehead atoms. The fourth-order valence-electron chi connectivity index (χ4n) is 1.93. The third-order valence-corrected chi connectivity index (χ3v) is 3.27. The quantitative estimate of drug-likeness (QED) is 0.880. The summed E-state index contributed by atoms with van der Waals surface area (Å²) in [5, 5.41) is 9.56. The molecule has 0 radical (unpaired) electrons. The molecular weight excluding hydrogens is 257 g/mol. The number of ether oxygens (including phenoxy) is 1. The molecule has 4 heteroatoms. The van der Waals surface area contributed by atoms with E-state index >= 15 is 0 Å². The summed E-state index contributed by atoms with van der Waals surface area (Å²) in [5.41, 5.74) is 6.77. The van der Waals surface area contributed by atoms with E-state index in [4.69, 9.17) is 10.5 Å². The number of halogens is 1. The van der Waals surface area contributed by atoms with Crippen molar-refractivity contribution in [2.75, 3.05) is 13.2 Å². The average Bonchev–Trinajstić information content (AvgIpc) is 2.49. The van der Waals surface area contributed by atoms with Crippen LogP contribution in [0.25, 0.3) is 0 Å². The minimum atomic E-state index is -1.01. The van der Waals surface area contributed by atoms with Gasteiger partial charge in [0.2, 0.25) is 0 Å². The van der Waals surface area contributed by atoms with Crippen molar-refractivity contribution in [2.24, 2.45) is 5.73 Å². The molecule has 0 aromatic heterocycles. The fraction of sp³-hybridized carbons (Fsp3) is 0.250. The van der Waals surface area contributed by atoms with Crippen molar-refractivity contribution in [3.8, 4) is 5.75 Å². The van der Waals surface area contributed by atoms with Gasteiger partial charge >= 0.3 is 0 Å². The van der Waals surface area contributed by atoms with Gasteiger partial charge in [0.05, 0.1) is 12.1 Å². The third kappa shape index (κ3) is 3.15. The summed E-state index contributed by atoms with van der Waals surface area (Å²) in [5.74, 6) is 0.0705. The lowest BCUT2D eigenvalue weighted by Crippen LogP contribution is -2.46. The molecule has 2 rings (SSSR count). The predicted octanol–water partition coefficient (Wildman–Crippen LogP) is 2.36. The summed E-state index contributed by atoms with van der Waals surface area (Å²) in [6, 6.07) is 13.6. The molecule has 0 amide bonds. The summed E-state index contributed by atoms with van der Waals surface area (Å²) in [6.07, 6.45) is 0. The topological polar surface area (TPSA) is 55.5 Å². The molecule has 1 atom stereocenters. The van der Waals surface area contributed by atoms with Gasteiger partial charge in [-0.2, -0.15) is 0 Å². The Balaban J connectivity index is 2.17. The Morgan fingerprint density at radius 3 is 2.55 bits per heavy atom. The zero-order valence-corrected chi connectivity index (χ0v) is 11.3. The van der Waals surface area contributed by atoms with E-state index in [2.05, 4.69) is 0 Å². The molecule has 0 spiro atoms. The van der Waals surface area contributed by atoms with Gasteiger partial charge in [-0.25, -0.2) is 4.39 Å². The second-order valence-electron chi connectivity index (χ2n) is 4.88. The molecule has 0 aliphatic carbocycles. The standard InChI is InChI=1S/C16H18FNO2/c1-12-7-8-14(17)9-15(12)20-11-16(18,10-19)13-5-3-2-4-6-13/h2-9,19H,10-11,18H2,1H3. The summed E-state index contributed by atoms with van der Waals surface area (Å²) >= 11 is 0. The molecule has 106 valence electrons. The monoisotopic (exact) mass is 275 g/mol. The molecule has 2 aromatic carbocycles. The molecule has 2 aromatic rings. The van der Waals surface area contributed by atoms with Gasteiger partial charge in [-0.3, -0.25) is 0 Å². The van der Waals surface area contributed by atoms with E-state index in [0.29, 0.717) is 5.75 Å². The van der Waals surface area contributed by atoms with E-state index in [1.807, 2.05) is 37.3 Å². The van der Waals surface area contributed by atoms with Crippen LogP contribution in [0.3, 0.4) is 0 Å². The molecule has 0 saturated heterocycles. The maximum Gasteiger partial charge on any atom is 0.126 e. The van der Waals surface area contributed by atoms with Crippen molar-refractivity contribution in [1.29, 1.82) is 0 Å². The second kappa shape index (κ2) is 6.03. The predicted molar refractivity (Wildman–Crippen MR) is 76.0 cm³/mol. The lowest BCUT2D eigenvalue weighted by Gasteiger charge is -2.28. The van der Waals surface area contributed by atoms with Gasteiger partial charge in [0.1, 0.15) is 18.2 Å². The Morgan fingerprint density at radius 2 is 1.90 bits per heavy atom. The number of hydrogen-bond acceptors (Lipinski definition) is 3. The van der Waals surface area contributed by atoms with Gasteiger partial charge in [0, 0.05) is 6.07 Å². The average molecular weight is 275 g/mol. The number of benzene rings is 2. The smallest absolute Gasteiger partial charge is 0.126 e. The van der Waals surface area contributed by atoms with Crippen molar-refractivity contribution in [1.82, 2.24) is 0 Å². The minimum absolute atomic E-state index is 0.0673. The Morgan fingerprint density at radius 1 is 1.20 bits per heavy atom. The van der Waals surface area contributed by atoms with Gasteiger partial charge in [0.25, 0.3) is 0 Å². The molecule has 0 saturated carbocycles. The number of rotatable bonds is 5. The highest BCUT2D eigenvalue weighted by Crippen LogP contribution is 2.23. The van der Waals surface area contributed by atoms with E-state index in [-0.39, 0.29) is 19.0 Å². The number of aryl methyl sites for hydroxylation is 1. The Labute approximate surface area is 117 Å². The van der Waals surface area contributed by atoms with E-state index in [9.17, 15) is 9.50 Å². The molecule has 0 aliphatic heterocycles. The van der Waals surface area contributed by atoms with Crippen molar-refractivity contribution in [2.45, 2.75) is 12.5 Å². The molecule has 3 N–H and O–H groups in total. The molecular formula is C16H18FNO2. The van der Waals surface area contributed by atoms with Crippen molar-refractivity contribution in [3.63, 3.8) is 0 Å². The van der Waals surface area contributed by atoms with Gasteiger partial charge < -0.3 is 15.6 Å². The van der Waals surface area contributed by atoms with E-state index in [1.54, 1.807) is 6.07 Å². The van der Waals surface area contributed by atoms with Crippen LogP contribution in [0.15, 0.2) is 48.5 Å². The van der Waals surface area contributed by atoms with E-state index in [0.717, 1.165) is 11.1 Å². The highest BCUT2D eigenvalue weighted by atomic mass is 19.1. The van der Waals surface area contributed by atoms with E-state index < -0.39 is 5.54 Å². The van der Waals surface area contributed by atoms with Crippen LogP contribution in [0.2, 0.25) is 0 Å². The first-order chi connectivity index (χ1) is 9.55. The zero-order valence-electron chi connectivity index (χ0n) is 11.3. The molecule has 0 heterocycles. The number of aliphatic hydroxyl groups excluding tert-OH is 1. The summed E-state index contributed by atoms with van der Waals surface area (Å²) in [7, 11) is 0. The maximum atomic E-state index is 13.2. The van der Waals surface area contributed by atoms with Crippen LogP contribution in [0.4, 0.5) is 4.39 Å². The lowest BCUT2D eigenvalue weighted by atomic mass is 9.93. The molecule has 20 heavy (non-hydrogen) atoms. The second-order valence-corrected chi connectivity index (χ2v) is 4.88. The molecule has 3 nitrogen and oxygen atoms in total. The van der Waals surface area contributed by atoms with Crippen LogP contribution in [-0.2, 0) is 5.54 Å². The normalized spacial score (nSPS) is 13.8. The number of nitrogens with two attached hydrogens (primary N) is 1. The van der Waals surface area contributed by atoms with Crippen LogP contribution in [-0.4, -0.2) is 18.3 Å². The van der Waals surface area contributed by atoms with Crippen LogP contribution in [0, 0.1) is 12.7 Å². The largest absolute Gasteiger partial charge is 0.491 e. The number of hydrogen-bond donors (Lipinski definition) is 2. The summed E-state index contributed by atoms with van der Waals surface area (Å²) in [4.78, 5) is 0. The van der Waals surface area contributed by atoms with Gasteiger partial charge in [-0.05, 0) is 24.1 Å². The van der Waals surface area contributed by atoms with Gasteiger partial charge in [-0.15, -0.1) is 0 Å². The van der Waals surface area contributed by atoms with Crippen LogP contribution in [0.5, 0.6) is 5.75 Å². The molecule has 0 aliphatic rings. The highest BCUT2D eigenvalue weighted by Gasteiger charge is 2.27. The van der Waals surface area contributed by atoms with E-state index in [1.165, 1.54) is 12.1 Å². The highest BCUT2D eigenvalue weighted by molar-refractivity contribution is 5.33. The maximum absolute atomic E-state index is 13.2. The van der Waals surface area contributed by atoms with Crippen molar-refractivity contribution < 1.29 is 14.2 Å². The first kappa shape index (κ1) is 14.5. The lowest BCUT2D eigenvalue weighted by molar-refractivity contribution is 0.132. The SMILES string of the molecule is Cc1ccc(F)cc1OCC(N)(CO)c1ccccc1. The Bertz CT molecular complexity index is 574. The van der Waals surface area contributed by atoms with Gasteiger partial charge in [-0.1, -0.05) is 36.4 Å². The Hall–Kier alpha value is -1.91. The minimum Gasteiger partial charge on any atom is -0.491 e. The Kier molecular flexibility index (Phi) is 4.37. The zero-order chi connectivity index (χ0) is 14.6. The van der Waals surface area contributed by atoms with Crippen LogP contribution in [0.1, 0.15) is 11.1 Å². The van der Waals surface area contributed by atoms with Gasteiger partial charge in [0.15, 0.2) is 0 Å².